The van der Waals surface area contributed by atoms with Gasteiger partial charge in [-0.15, -0.1) is 0 Å². The van der Waals surface area contributed by atoms with Crippen LogP contribution >= 0.6 is 0 Å². The van der Waals surface area contributed by atoms with Gasteiger partial charge in [0, 0.05) is 5.56 Å². The Morgan fingerprint density at radius 2 is 1.69 bits per heavy atom. The number of rotatable bonds is 6. The van der Waals surface area contributed by atoms with Crippen molar-refractivity contribution < 1.29 is 32.8 Å². The number of hydrogen-bond donors (Lipinski definition) is 3. The van der Waals surface area contributed by atoms with Crippen molar-refractivity contribution in [1.82, 2.24) is 4.57 Å². The zero-order valence-electron chi connectivity index (χ0n) is 20.0. The summed E-state index contributed by atoms with van der Waals surface area (Å²) >= 11 is 0. The number of nitrogens with zero attached hydrogens (tertiary/aromatic N) is 4. The Hall–Kier alpha value is -5.32. The summed E-state index contributed by atoms with van der Waals surface area (Å²) in [6.45, 7) is 8.92. The number of hydrogen-bond acceptors (Lipinski definition) is 7. The van der Waals surface area contributed by atoms with E-state index in [1.807, 2.05) is 0 Å². The van der Waals surface area contributed by atoms with Crippen LogP contribution < -0.4 is 10.6 Å². The van der Waals surface area contributed by atoms with Gasteiger partial charge in [-0.05, 0) is 55.0 Å². The third-order valence-electron chi connectivity index (χ3n) is 5.73. The SMILES string of the molecule is [C-]#[N+]c1c(C)c(/C=C/C=C2\C(=O)N(c3ccc(S(=O)(=O)O)cc3)N=C2C(=O)O)c(=O)n(-c2ccccc2)c1O. The van der Waals surface area contributed by atoms with E-state index < -0.39 is 44.0 Å². The predicted molar refractivity (Wildman–Crippen MR) is 141 cm³/mol. The molecule has 3 aromatic rings. The molecule has 1 aliphatic heterocycles. The van der Waals surface area contributed by atoms with Gasteiger partial charge >= 0.3 is 5.97 Å². The van der Waals surface area contributed by atoms with Crippen LogP contribution in [0.15, 0.2) is 87.1 Å². The summed E-state index contributed by atoms with van der Waals surface area (Å²) in [5.74, 6) is -2.89. The molecule has 0 fully saturated rings. The smallest absolute Gasteiger partial charge is 0.357 e. The first-order valence-corrected chi connectivity index (χ1v) is 12.4. The number of benzene rings is 2. The van der Waals surface area contributed by atoms with E-state index in [0.717, 1.165) is 27.8 Å². The molecule has 0 saturated carbocycles. The second-order valence-electron chi connectivity index (χ2n) is 8.08. The van der Waals surface area contributed by atoms with Gasteiger partial charge in [-0.25, -0.2) is 9.64 Å². The minimum Gasteiger partial charge on any atom is -0.502 e. The lowest BCUT2D eigenvalue weighted by atomic mass is 10.1. The number of anilines is 1. The van der Waals surface area contributed by atoms with E-state index in [1.165, 1.54) is 31.2 Å². The first-order valence-electron chi connectivity index (χ1n) is 11.0. The molecule has 12 nitrogen and oxygen atoms in total. The van der Waals surface area contributed by atoms with Crippen LogP contribution in [0.25, 0.3) is 16.6 Å². The molecule has 0 atom stereocenters. The number of aromatic hydroxyl groups is 1. The highest BCUT2D eigenvalue weighted by molar-refractivity contribution is 7.85. The van der Waals surface area contributed by atoms with Gasteiger partial charge in [-0.2, -0.15) is 18.5 Å². The van der Waals surface area contributed by atoms with Gasteiger partial charge < -0.3 is 10.2 Å². The second-order valence-corrected chi connectivity index (χ2v) is 9.50. The summed E-state index contributed by atoms with van der Waals surface area (Å²) in [6.07, 6.45) is 3.67. The highest BCUT2D eigenvalue weighted by Gasteiger charge is 2.35. The molecule has 39 heavy (non-hydrogen) atoms. The Kier molecular flexibility index (Phi) is 7.00. The number of hydrazone groups is 1. The van der Waals surface area contributed by atoms with Crippen LogP contribution in [0.5, 0.6) is 5.88 Å². The minimum atomic E-state index is -4.48. The summed E-state index contributed by atoms with van der Waals surface area (Å²) in [5.41, 5.74) is -1.17. The first-order chi connectivity index (χ1) is 18.5. The largest absolute Gasteiger partial charge is 0.502 e. The van der Waals surface area contributed by atoms with Crippen molar-refractivity contribution in [2.45, 2.75) is 11.8 Å². The maximum Gasteiger partial charge on any atom is 0.357 e. The van der Waals surface area contributed by atoms with Crippen LogP contribution in [0.2, 0.25) is 0 Å². The van der Waals surface area contributed by atoms with E-state index in [0.29, 0.717) is 5.69 Å². The number of aromatic nitrogens is 1. The molecule has 1 aliphatic rings. The van der Waals surface area contributed by atoms with Crippen molar-refractivity contribution in [3.63, 3.8) is 0 Å². The molecule has 4 rings (SSSR count). The van der Waals surface area contributed by atoms with Gasteiger partial charge in [0.25, 0.3) is 21.6 Å². The Morgan fingerprint density at radius 1 is 1.05 bits per heavy atom. The van der Waals surface area contributed by atoms with E-state index in [1.54, 1.807) is 30.3 Å². The van der Waals surface area contributed by atoms with Crippen molar-refractivity contribution >= 4 is 45.2 Å². The summed E-state index contributed by atoms with van der Waals surface area (Å²) in [5, 5.41) is 24.7. The zero-order valence-corrected chi connectivity index (χ0v) is 20.8. The third kappa shape index (κ3) is 4.97. The zero-order chi connectivity index (χ0) is 28.5. The number of aliphatic carboxylic acids is 1. The third-order valence-corrected chi connectivity index (χ3v) is 6.60. The predicted octanol–water partition coefficient (Wildman–Crippen LogP) is 3.08. The van der Waals surface area contributed by atoms with Gasteiger partial charge in [0.05, 0.1) is 28.4 Å². The van der Waals surface area contributed by atoms with E-state index >= 15 is 0 Å². The van der Waals surface area contributed by atoms with E-state index in [2.05, 4.69) is 9.95 Å². The Balaban J connectivity index is 1.76. The lowest BCUT2D eigenvalue weighted by molar-refractivity contribution is -0.129. The van der Waals surface area contributed by atoms with E-state index in [4.69, 9.17) is 11.1 Å². The molecule has 0 aliphatic carbocycles. The molecule has 0 bridgehead atoms. The standard InChI is InChI=1S/C26H18N4O8S/c1-15-19(23(31)29(25(33)21(15)27-2)16-7-4-3-5-8-16)9-6-10-20-22(26(34)35)28-30(24(20)32)17-11-13-18(14-12-17)39(36,37)38/h3-14,33H,1H3,(H,34,35)(H,36,37,38)/b9-6+,20-10-. The highest BCUT2D eigenvalue weighted by Crippen LogP contribution is 2.33. The molecule has 1 aromatic heterocycles. The molecule has 2 aromatic carbocycles. The number of carbonyl (C=O) groups excluding carboxylic acids is 1. The average molecular weight is 547 g/mol. The Bertz CT molecular complexity index is 1810. The van der Waals surface area contributed by atoms with Crippen molar-refractivity contribution in [2.24, 2.45) is 5.10 Å². The van der Waals surface area contributed by atoms with Crippen LogP contribution in [0.3, 0.4) is 0 Å². The van der Waals surface area contributed by atoms with Crippen LogP contribution in [-0.2, 0) is 19.7 Å². The Labute approximate surface area is 221 Å². The topological polar surface area (TPSA) is 171 Å². The normalized spacial score (nSPS) is 14.6. The first kappa shape index (κ1) is 26.7. The molecule has 1 amide bonds. The van der Waals surface area contributed by atoms with Gasteiger partial charge in [0.2, 0.25) is 11.6 Å². The van der Waals surface area contributed by atoms with Gasteiger partial charge in [-0.3, -0.25) is 18.7 Å². The number of pyridine rings is 1. The van der Waals surface area contributed by atoms with Crippen molar-refractivity contribution in [1.29, 1.82) is 0 Å². The molecule has 196 valence electrons. The van der Waals surface area contributed by atoms with Gasteiger partial charge in [0.15, 0.2) is 5.71 Å². The number of amides is 1. The second kappa shape index (κ2) is 10.2. The fraction of sp³-hybridized carbons (Fsp3) is 0.0385. The summed E-state index contributed by atoms with van der Waals surface area (Å²) < 4.78 is 32.6. The minimum absolute atomic E-state index is 0.0245. The number of allylic oxidation sites excluding steroid dienone is 2. The lowest BCUT2D eigenvalue weighted by Crippen LogP contribution is -2.22. The molecule has 0 saturated heterocycles. The average Bonchev–Trinajstić information content (AvgIpc) is 3.23. The molecule has 0 spiro atoms. The Morgan fingerprint density at radius 3 is 2.26 bits per heavy atom. The molecule has 3 N–H and O–H groups in total. The fourth-order valence-corrected chi connectivity index (χ4v) is 4.30. The van der Waals surface area contributed by atoms with Crippen LogP contribution in [0.1, 0.15) is 11.1 Å². The van der Waals surface area contributed by atoms with Crippen molar-refractivity contribution in [3.05, 3.63) is 105 Å². The van der Waals surface area contributed by atoms with Crippen molar-refractivity contribution in [2.75, 3.05) is 5.01 Å². The maximum atomic E-state index is 13.3. The number of para-hydroxylation sites is 1. The molecule has 0 radical (unpaired) electrons. The number of carboxylic acids is 1. The van der Waals surface area contributed by atoms with Crippen LogP contribution in [-0.4, -0.2) is 45.3 Å². The molecular formula is C26H18N4O8S. The molecule has 13 heteroatoms. The van der Waals surface area contributed by atoms with Crippen LogP contribution in [0, 0.1) is 13.5 Å². The monoisotopic (exact) mass is 546 g/mol. The summed E-state index contributed by atoms with van der Waals surface area (Å²) in [7, 11) is -4.48. The summed E-state index contributed by atoms with van der Waals surface area (Å²) in [4.78, 5) is 40.9. The van der Waals surface area contributed by atoms with Gasteiger partial charge in [-0.1, -0.05) is 30.4 Å². The van der Waals surface area contributed by atoms with E-state index in [-0.39, 0.29) is 28.1 Å². The maximum absolute atomic E-state index is 13.3. The number of carboxylic acid groups (broad SMARTS) is 1. The quantitative estimate of drug-likeness (QED) is 0.240. The molecule has 0 unspecified atom stereocenters. The highest BCUT2D eigenvalue weighted by atomic mass is 32.2. The van der Waals surface area contributed by atoms with Crippen molar-refractivity contribution in [3.8, 4) is 11.6 Å². The van der Waals surface area contributed by atoms with E-state index in [9.17, 15) is 33.0 Å². The van der Waals surface area contributed by atoms with Crippen LogP contribution in [0.4, 0.5) is 11.4 Å². The summed E-state index contributed by atoms with van der Waals surface area (Å²) in [6, 6.07) is 12.5. The van der Waals surface area contributed by atoms with Gasteiger partial charge in [0.1, 0.15) is 0 Å². The lowest BCUT2D eigenvalue weighted by Gasteiger charge is -2.14. The molecule has 2 heterocycles. The fourth-order valence-electron chi connectivity index (χ4n) is 3.82. The molecular weight excluding hydrogens is 528 g/mol. The number of carbonyl (C=O) groups is 2.